The van der Waals surface area contributed by atoms with Crippen molar-refractivity contribution in [3.05, 3.63) is 88.1 Å². The lowest BCUT2D eigenvalue weighted by Gasteiger charge is -2.43. The summed E-state index contributed by atoms with van der Waals surface area (Å²) in [4.78, 5) is 16.4. The maximum atomic E-state index is 13.2. The van der Waals surface area contributed by atoms with Gasteiger partial charge in [-0.3, -0.25) is 4.90 Å². The Labute approximate surface area is 185 Å². The molecule has 5 heteroatoms. The molecule has 1 saturated heterocycles. The van der Waals surface area contributed by atoms with Gasteiger partial charge in [-0.05, 0) is 45.7 Å². The van der Waals surface area contributed by atoms with Gasteiger partial charge in [0.2, 0.25) is 0 Å². The van der Waals surface area contributed by atoms with Crippen molar-refractivity contribution >= 4 is 23.0 Å². The second-order valence-electron chi connectivity index (χ2n) is 8.34. The monoisotopic (exact) mass is 429 g/mol. The molecule has 0 radical (unpaired) electrons. The van der Waals surface area contributed by atoms with E-state index in [0.717, 1.165) is 6.42 Å². The Morgan fingerprint density at radius 3 is 2.42 bits per heavy atom. The first-order valence-corrected chi connectivity index (χ1v) is 11.6. The topological polar surface area (TPSA) is 38.8 Å². The number of carbonyl (C=O) groups excluding carboxylic acids is 1. The van der Waals surface area contributed by atoms with Gasteiger partial charge in [0, 0.05) is 10.8 Å². The zero-order chi connectivity index (χ0) is 20.8. The van der Waals surface area contributed by atoms with Gasteiger partial charge in [-0.25, -0.2) is 4.79 Å². The van der Waals surface area contributed by atoms with E-state index in [1.165, 1.54) is 32.7 Å². The van der Waals surface area contributed by atoms with Crippen LogP contribution in [-0.2, 0) is 9.47 Å². The van der Waals surface area contributed by atoms with Gasteiger partial charge in [0.1, 0.15) is 6.61 Å². The van der Waals surface area contributed by atoms with Gasteiger partial charge in [0.05, 0.1) is 25.3 Å². The van der Waals surface area contributed by atoms with Crippen LogP contribution in [0.4, 0.5) is 4.79 Å². The Balaban J connectivity index is 1.22. The lowest BCUT2D eigenvalue weighted by Crippen LogP contribution is -2.56. The Hall–Kier alpha value is -2.89. The summed E-state index contributed by atoms with van der Waals surface area (Å²) in [6, 6.07) is 21.0. The van der Waals surface area contributed by atoms with E-state index in [2.05, 4.69) is 72.1 Å². The van der Waals surface area contributed by atoms with Gasteiger partial charge < -0.3 is 9.47 Å². The summed E-state index contributed by atoms with van der Waals surface area (Å²) < 4.78 is 11.7. The largest absolute Gasteiger partial charge is 0.448 e. The molecule has 0 N–H and O–H groups in total. The lowest BCUT2D eigenvalue weighted by molar-refractivity contribution is -0.0331. The molecule has 0 saturated carbocycles. The SMILES string of the molecule is O=C(OCC1c2ccccc2-c2ccccc21)N1C2C=C(c3cccs3)CC1COC2. The Morgan fingerprint density at radius 1 is 1.00 bits per heavy atom. The van der Waals surface area contributed by atoms with E-state index in [4.69, 9.17) is 9.47 Å². The number of benzene rings is 2. The molecule has 6 rings (SSSR count). The molecule has 2 aliphatic heterocycles. The van der Waals surface area contributed by atoms with Crippen molar-refractivity contribution in [2.45, 2.75) is 24.4 Å². The molecule has 2 unspecified atom stereocenters. The van der Waals surface area contributed by atoms with Crippen molar-refractivity contribution in [2.24, 2.45) is 0 Å². The average Bonchev–Trinajstić information content (AvgIpc) is 3.44. The van der Waals surface area contributed by atoms with Crippen molar-refractivity contribution in [3.63, 3.8) is 0 Å². The summed E-state index contributed by atoms with van der Waals surface area (Å²) in [6.07, 6.45) is 2.76. The molecule has 3 aromatic rings. The average molecular weight is 430 g/mol. The van der Waals surface area contributed by atoms with Crippen LogP contribution in [0.3, 0.4) is 0 Å². The van der Waals surface area contributed by atoms with E-state index in [1.807, 2.05) is 4.90 Å². The Bertz CT molecular complexity index is 1110. The highest BCUT2D eigenvalue weighted by Gasteiger charge is 2.40. The molecule has 1 aliphatic carbocycles. The maximum Gasteiger partial charge on any atom is 0.410 e. The molecule has 2 bridgehead atoms. The Kier molecular flexibility index (Phi) is 4.66. The van der Waals surface area contributed by atoms with Crippen LogP contribution in [-0.4, -0.2) is 42.9 Å². The number of carbonyl (C=O) groups is 1. The highest BCUT2D eigenvalue weighted by atomic mass is 32.1. The maximum absolute atomic E-state index is 13.2. The third-order valence-corrected chi connectivity index (χ3v) is 7.53. The molecule has 0 spiro atoms. The standard InChI is InChI=1S/C26H23NO3S/c28-26(27-18-12-17(25-10-5-11-31-25)13-19(27)15-29-14-18)30-16-24-22-8-3-1-6-20(22)21-7-2-4-9-23(21)24/h1-12,18-19,24H,13-16H2. The molecule has 3 heterocycles. The number of thiophene rings is 1. The fourth-order valence-electron chi connectivity index (χ4n) is 5.19. The van der Waals surface area contributed by atoms with Crippen LogP contribution in [0, 0.1) is 0 Å². The van der Waals surface area contributed by atoms with E-state index < -0.39 is 0 Å². The minimum Gasteiger partial charge on any atom is -0.448 e. The number of amides is 1. The van der Waals surface area contributed by atoms with Gasteiger partial charge in [-0.15, -0.1) is 11.3 Å². The van der Waals surface area contributed by atoms with Crippen molar-refractivity contribution < 1.29 is 14.3 Å². The van der Waals surface area contributed by atoms with Gasteiger partial charge in [0.15, 0.2) is 0 Å². The molecule has 1 fully saturated rings. The van der Waals surface area contributed by atoms with E-state index in [-0.39, 0.29) is 24.1 Å². The molecule has 3 aliphatic rings. The van der Waals surface area contributed by atoms with Crippen LogP contribution >= 0.6 is 11.3 Å². The fraction of sp³-hybridized carbons (Fsp3) is 0.269. The van der Waals surface area contributed by atoms with E-state index in [0.29, 0.717) is 19.8 Å². The first kappa shape index (κ1) is 18.8. The van der Waals surface area contributed by atoms with Gasteiger partial charge in [0.25, 0.3) is 0 Å². The minimum atomic E-state index is -0.235. The highest BCUT2D eigenvalue weighted by Crippen LogP contribution is 2.44. The lowest BCUT2D eigenvalue weighted by atomic mass is 9.93. The van der Waals surface area contributed by atoms with E-state index in [1.54, 1.807) is 11.3 Å². The molecule has 31 heavy (non-hydrogen) atoms. The van der Waals surface area contributed by atoms with E-state index >= 15 is 0 Å². The summed E-state index contributed by atoms with van der Waals surface area (Å²) in [5.41, 5.74) is 6.27. The number of nitrogens with zero attached hydrogens (tertiary/aromatic N) is 1. The summed E-state index contributed by atoms with van der Waals surface area (Å²) in [7, 11) is 0. The van der Waals surface area contributed by atoms with Crippen LogP contribution in [0.2, 0.25) is 0 Å². The zero-order valence-corrected chi connectivity index (χ0v) is 17.9. The first-order valence-electron chi connectivity index (χ1n) is 10.8. The van der Waals surface area contributed by atoms with Crippen LogP contribution in [0.25, 0.3) is 16.7 Å². The molecule has 4 nitrogen and oxygen atoms in total. The second kappa shape index (κ2) is 7.66. The second-order valence-corrected chi connectivity index (χ2v) is 9.29. The van der Waals surface area contributed by atoms with Crippen LogP contribution in [0.15, 0.2) is 72.1 Å². The summed E-state index contributed by atoms with van der Waals surface area (Å²) in [6.45, 7) is 1.43. The minimum absolute atomic E-state index is 0.0245. The van der Waals surface area contributed by atoms with Crippen LogP contribution in [0.1, 0.15) is 28.3 Å². The number of ether oxygens (including phenoxy) is 2. The Morgan fingerprint density at radius 2 is 1.74 bits per heavy atom. The molecule has 1 aromatic heterocycles. The highest BCUT2D eigenvalue weighted by molar-refractivity contribution is 7.11. The fourth-order valence-corrected chi connectivity index (χ4v) is 5.96. The smallest absolute Gasteiger partial charge is 0.410 e. The van der Waals surface area contributed by atoms with Gasteiger partial charge in [-0.1, -0.05) is 60.7 Å². The summed E-state index contributed by atoms with van der Waals surface area (Å²) in [5, 5.41) is 2.10. The number of morpholine rings is 1. The predicted molar refractivity (Wildman–Crippen MR) is 122 cm³/mol. The third-order valence-electron chi connectivity index (χ3n) is 6.58. The molecule has 1 amide bonds. The number of hydrogen-bond donors (Lipinski definition) is 0. The third kappa shape index (κ3) is 3.20. The van der Waals surface area contributed by atoms with Crippen LogP contribution in [0.5, 0.6) is 0 Å². The number of hydrogen-bond acceptors (Lipinski definition) is 4. The molecule has 156 valence electrons. The molecule has 2 aromatic carbocycles. The van der Waals surface area contributed by atoms with Crippen LogP contribution < -0.4 is 0 Å². The summed E-state index contributed by atoms with van der Waals surface area (Å²) in [5.74, 6) is 0.0782. The van der Waals surface area contributed by atoms with Gasteiger partial charge >= 0.3 is 6.09 Å². The number of fused-ring (bicyclic) bond motifs is 5. The molecule has 2 atom stereocenters. The van der Waals surface area contributed by atoms with Crippen molar-refractivity contribution in [1.82, 2.24) is 4.90 Å². The number of rotatable bonds is 3. The summed E-state index contributed by atoms with van der Waals surface area (Å²) >= 11 is 1.75. The van der Waals surface area contributed by atoms with E-state index in [9.17, 15) is 4.79 Å². The quantitative estimate of drug-likeness (QED) is 0.548. The van der Waals surface area contributed by atoms with Gasteiger partial charge in [-0.2, -0.15) is 0 Å². The molecular weight excluding hydrogens is 406 g/mol. The molecular formula is C26H23NO3S. The predicted octanol–water partition coefficient (Wildman–Crippen LogP) is 5.55. The van der Waals surface area contributed by atoms with Crippen molar-refractivity contribution in [3.8, 4) is 11.1 Å². The first-order chi connectivity index (χ1) is 15.3. The zero-order valence-electron chi connectivity index (χ0n) is 17.1. The van der Waals surface area contributed by atoms with Crippen molar-refractivity contribution in [1.29, 1.82) is 0 Å². The normalized spacial score (nSPS) is 21.9. The van der Waals surface area contributed by atoms with Crippen molar-refractivity contribution in [2.75, 3.05) is 19.8 Å².